The summed E-state index contributed by atoms with van der Waals surface area (Å²) >= 11 is 0. The van der Waals surface area contributed by atoms with Crippen LogP contribution in [0.2, 0.25) is 0 Å². The summed E-state index contributed by atoms with van der Waals surface area (Å²) in [6.07, 6.45) is 3.44. The Labute approximate surface area is 170 Å². The van der Waals surface area contributed by atoms with Gasteiger partial charge in [0.05, 0.1) is 0 Å². The SMILES string of the molecule is CC(C)(C)[N-]C(C)(C)C.CC1=[C-]C(C)(C)C(C)=C1C.Cl.Cl.[Hf]. The van der Waals surface area contributed by atoms with Crippen LogP contribution >= 0.6 is 24.8 Å². The van der Waals surface area contributed by atoms with Crippen molar-refractivity contribution in [3.05, 3.63) is 28.1 Å². The van der Waals surface area contributed by atoms with Crippen molar-refractivity contribution < 1.29 is 25.8 Å². The Balaban J connectivity index is -0.000000130. The Kier molecular flexibility index (Phi) is 14.9. The molecule has 0 aliphatic heterocycles. The van der Waals surface area contributed by atoms with E-state index < -0.39 is 0 Å². The number of nitrogens with zero attached hydrogens (tertiary/aromatic N) is 1. The molecule has 1 aliphatic rings. The third-order valence-electron chi connectivity index (χ3n) is 3.23. The molecule has 0 saturated heterocycles. The molecule has 0 amide bonds. The van der Waals surface area contributed by atoms with Crippen LogP contribution in [0.3, 0.4) is 0 Å². The standard InChI is InChI=1S/C10H15.C8H18N.2ClH.Hf/c1-7-6-10(4,5)9(3)8(7)2;1-7(2,3)9-8(4,5)6;;;/h1-5H3;1-6H3;2*1H;/q2*-1;;;. The van der Waals surface area contributed by atoms with Crippen molar-refractivity contribution in [1.29, 1.82) is 0 Å². The van der Waals surface area contributed by atoms with Gasteiger partial charge in [0.1, 0.15) is 0 Å². The van der Waals surface area contributed by atoms with E-state index in [4.69, 9.17) is 0 Å². The van der Waals surface area contributed by atoms with E-state index in [9.17, 15) is 0 Å². The van der Waals surface area contributed by atoms with Gasteiger partial charge < -0.3 is 5.32 Å². The molecule has 0 N–H and O–H groups in total. The number of allylic oxidation sites excluding steroid dienone is 4. The summed E-state index contributed by atoms with van der Waals surface area (Å²) in [5, 5.41) is 4.54. The van der Waals surface area contributed by atoms with Gasteiger partial charge in [0, 0.05) is 25.8 Å². The molecule has 0 radical (unpaired) electrons. The molecule has 132 valence electrons. The molecular weight excluding hydrogens is 480 g/mol. The summed E-state index contributed by atoms with van der Waals surface area (Å²) in [6, 6.07) is 0. The number of halogens is 2. The van der Waals surface area contributed by atoms with Crippen LogP contribution in [0.15, 0.2) is 16.7 Å². The van der Waals surface area contributed by atoms with Gasteiger partial charge in [-0.3, -0.25) is 6.08 Å². The minimum Gasteiger partial charge on any atom is -0.653 e. The summed E-state index contributed by atoms with van der Waals surface area (Å²) in [5.41, 5.74) is 4.61. The molecule has 0 bridgehead atoms. The Morgan fingerprint density at radius 3 is 1.18 bits per heavy atom. The second-order valence-corrected chi connectivity index (χ2v) is 8.08. The minimum absolute atomic E-state index is 0. The molecule has 0 aromatic heterocycles. The molecule has 0 atom stereocenters. The first-order valence-corrected chi connectivity index (χ1v) is 7.20. The zero-order valence-electron chi connectivity index (χ0n) is 16.3. The molecule has 0 unspecified atom stereocenters. The van der Waals surface area contributed by atoms with Gasteiger partial charge in [-0.25, -0.2) is 5.57 Å². The van der Waals surface area contributed by atoms with E-state index in [1.165, 1.54) is 16.7 Å². The maximum Gasteiger partial charge on any atom is 0 e. The van der Waals surface area contributed by atoms with Gasteiger partial charge in [0.15, 0.2) is 0 Å². The Morgan fingerprint density at radius 1 is 0.818 bits per heavy atom. The van der Waals surface area contributed by atoms with Crippen molar-refractivity contribution >= 4 is 24.8 Å². The largest absolute Gasteiger partial charge is 0.653 e. The van der Waals surface area contributed by atoms with Gasteiger partial charge >= 0.3 is 0 Å². The molecule has 22 heavy (non-hydrogen) atoms. The average Bonchev–Trinajstić information content (AvgIpc) is 2.24. The third kappa shape index (κ3) is 12.3. The summed E-state index contributed by atoms with van der Waals surface area (Å²) in [5.74, 6) is 0. The maximum absolute atomic E-state index is 4.54. The smallest absolute Gasteiger partial charge is 0 e. The van der Waals surface area contributed by atoms with E-state index in [1.54, 1.807) is 0 Å². The first kappa shape index (κ1) is 30.7. The summed E-state index contributed by atoms with van der Waals surface area (Å²) in [7, 11) is 0. The molecule has 1 rings (SSSR count). The molecule has 0 aromatic carbocycles. The topological polar surface area (TPSA) is 14.1 Å². The monoisotopic (exact) mass is 515 g/mol. The predicted octanol–water partition coefficient (Wildman–Crippen LogP) is 6.91. The molecule has 1 aliphatic carbocycles. The Morgan fingerprint density at radius 2 is 1.14 bits per heavy atom. The summed E-state index contributed by atoms with van der Waals surface area (Å²) < 4.78 is 0. The Bertz CT molecular complexity index is 371. The van der Waals surface area contributed by atoms with E-state index in [1.807, 2.05) is 0 Å². The molecule has 0 spiro atoms. The van der Waals surface area contributed by atoms with Crippen molar-refractivity contribution in [2.75, 3.05) is 0 Å². The average molecular weight is 515 g/mol. The van der Waals surface area contributed by atoms with Crippen LogP contribution in [0.5, 0.6) is 0 Å². The van der Waals surface area contributed by atoms with Crippen molar-refractivity contribution in [2.24, 2.45) is 5.41 Å². The van der Waals surface area contributed by atoms with Crippen LogP contribution in [-0.2, 0) is 25.8 Å². The normalized spacial score (nSPS) is 16.4. The molecule has 1 nitrogen and oxygen atoms in total. The van der Waals surface area contributed by atoms with Crippen LogP contribution in [-0.4, -0.2) is 11.1 Å². The molecule has 0 saturated carbocycles. The summed E-state index contributed by atoms with van der Waals surface area (Å²) in [4.78, 5) is 0. The van der Waals surface area contributed by atoms with Gasteiger partial charge in [-0.2, -0.15) is 11.1 Å². The van der Waals surface area contributed by atoms with Gasteiger partial charge in [0.2, 0.25) is 0 Å². The second kappa shape index (κ2) is 10.7. The van der Waals surface area contributed by atoms with Crippen molar-refractivity contribution in [1.82, 2.24) is 0 Å². The van der Waals surface area contributed by atoms with Crippen LogP contribution in [0.4, 0.5) is 0 Å². The van der Waals surface area contributed by atoms with E-state index in [0.717, 1.165) is 0 Å². The van der Waals surface area contributed by atoms with E-state index in [2.05, 4.69) is 87.6 Å². The fourth-order valence-corrected chi connectivity index (χ4v) is 2.41. The maximum atomic E-state index is 4.54. The predicted molar refractivity (Wildman–Crippen MR) is 102 cm³/mol. The van der Waals surface area contributed by atoms with E-state index >= 15 is 0 Å². The van der Waals surface area contributed by atoms with Gasteiger partial charge in [-0.05, 0) is 0 Å². The quantitative estimate of drug-likeness (QED) is 0.246. The zero-order valence-corrected chi connectivity index (χ0v) is 21.5. The Hall–Kier alpha value is 0.890. The number of rotatable bonds is 0. The first-order valence-electron chi connectivity index (χ1n) is 7.20. The van der Waals surface area contributed by atoms with Crippen molar-refractivity contribution in [2.45, 2.75) is 87.2 Å². The number of hydrogen-bond acceptors (Lipinski definition) is 0. The third-order valence-corrected chi connectivity index (χ3v) is 3.23. The van der Waals surface area contributed by atoms with Crippen LogP contribution in [0, 0.1) is 11.5 Å². The molecular formula is C18H35Cl2HfN-2. The van der Waals surface area contributed by atoms with Crippen LogP contribution in [0.25, 0.3) is 5.32 Å². The molecule has 0 fully saturated rings. The van der Waals surface area contributed by atoms with Crippen LogP contribution < -0.4 is 0 Å². The summed E-state index contributed by atoms with van der Waals surface area (Å²) in [6.45, 7) is 23.7. The van der Waals surface area contributed by atoms with Crippen LogP contribution in [0.1, 0.15) is 76.2 Å². The van der Waals surface area contributed by atoms with Gasteiger partial charge in [-0.15, -0.1) is 42.8 Å². The molecule has 0 aromatic rings. The van der Waals surface area contributed by atoms with Crippen molar-refractivity contribution in [3.8, 4) is 0 Å². The fraction of sp³-hybridized carbons (Fsp3) is 0.778. The fourth-order valence-electron chi connectivity index (χ4n) is 2.41. The van der Waals surface area contributed by atoms with Crippen molar-refractivity contribution in [3.63, 3.8) is 0 Å². The van der Waals surface area contributed by atoms with Gasteiger partial charge in [-0.1, -0.05) is 74.7 Å². The van der Waals surface area contributed by atoms with Gasteiger partial charge in [0.25, 0.3) is 0 Å². The second-order valence-electron chi connectivity index (χ2n) is 8.08. The van der Waals surface area contributed by atoms with E-state index in [0.29, 0.717) is 0 Å². The molecule has 4 heteroatoms. The first-order chi connectivity index (χ1) is 8.16. The minimum atomic E-state index is 0. The van der Waals surface area contributed by atoms with E-state index in [-0.39, 0.29) is 67.2 Å². The zero-order chi connectivity index (χ0) is 15.6. The molecule has 0 heterocycles. The number of hydrogen-bond donors (Lipinski definition) is 0.